The van der Waals surface area contributed by atoms with E-state index in [-0.39, 0.29) is 5.92 Å². The average Bonchev–Trinajstić information content (AvgIpc) is 3.92. The smallest absolute Gasteiger partial charge is 0.164 e. The molecule has 5 nitrogen and oxygen atoms in total. The van der Waals surface area contributed by atoms with E-state index in [1.807, 2.05) is 17.4 Å². The summed E-state index contributed by atoms with van der Waals surface area (Å²) in [4.78, 5) is 16.4. The van der Waals surface area contributed by atoms with E-state index < -0.39 is 0 Å². The highest BCUT2D eigenvalue weighted by Crippen LogP contribution is 2.52. The van der Waals surface area contributed by atoms with Gasteiger partial charge < -0.3 is 9.13 Å². The predicted molar refractivity (Wildman–Crippen MR) is 340 cm³/mol. The Morgan fingerprint density at radius 2 is 0.765 bits per heavy atom. The number of hydrogen-bond acceptors (Lipinski definition) is 4. The van der Waals surface area contributed by atoms with Crippen LogP contribution in [0.3, 0.4) is 0 Å². The van der Waals surface area contributed by atoms with Gasteiger partial charge in [-0.1, -0.05) is 218 Å². The summed E-state index contributed by atoms with van der Waals surface area (Å²) in [5.74, 6) is 1.81. The third-order valence-electron chi connectivity index (χ3n) is 16.3. The van der Waals surface area contributed by atoms with Gasteiger partial charge in [0.15, 0.2) is 17.5 Å². The van der Waals surface area contributed by atoms with Crippen molar-refractivity contribution >= 4 is 92.0 Å². The summed E-state index contributed by atoms with van der Waals surface area (Å²) in [6.45, 7) is 0. The van der Waals surface area contributed by atoms with Crippen molar-refractivity contribution in [3.8, 4) is 50.7 Å². The molecule has 0 saturated carbocycles. The van der Waals surface area contributed by atoms with Crippen molar-refractivity contribution in [3.63, 3.8) is 0 Å². The Morgan fingerprint density at radius 3 is 1.33 bits per heavy atom. The van der Waals surface area contributed by atoms with Gasteiger partial charge in [0, 0.05) is 75.7 Å². The summed E-state index contributed by atoms with van der Waals surface area (Å²) in [5, 5.41) is 7.62. The van der Waals surface area contributed by atoms with E-state index in [9.17, 15) is 0 Å². The Labute approximate surface area is 472 Å². The van der Waals surface area contributed by atoms with E-state index in [0.717, 1.165) is 55.8 Å². The maximum atomic E-state index is 5.56. The Morgan fingerprint density at radius 1 is 0.333 bits per heavy atom. The van der Waals surface area contributed by atoms with E-state index in [0.29, 0.717) is 23.9 Å². The van der Waals surface area contributed by atoms with E-state index >= 15 is 0 Å². The first-order valence-corrected chi connectivity index (χ1v) is 28.5. The number of nitrogens with zero attached hydrogens (tertiary/aromatic N) is 5. The molecule has 380 valence electrons. The highest BCUT2D eigenvalue weighted by Gasteiger charge is 2.33. The van der Waals surface area contributed by atoms with Crippen molar-refractivity contribution in [2.75, 3.05) is 0 Å². The Bertz CT molecular complexity index is 4920. The fraction of sp³-hybridized carbons (Fsp3) is 0.0267. The summed E-state index contributed by atoms with van der Waals surface area (Å²) < 4.78 is 7.62. The van der Waals surface area contributed by atoms with Crippen molar-refractivity contribution < 1.29 is 0 Å². The first-order chi connectivity index (χ1) is 40.2. The minimum atomic E-state index is -0.103. The van der Waals surface area contributed by atoms with Crippen LogP contribution in [0.2, 0.25) is 0 Å². The van der Waals surface area contributed by atoms with Crippen molar-refractivity contribution in [3.05, 3.63) is 296 Å². The van der Waals surface area contributed by atoms with Gasteiger partial charge in [-0.3, -0.25) is 0 Å². The third kappa shape index (κ3) is 7.86. The third-order valence-corrected chi connectivity index (χ3v) is 17.6. The normalized spacial score (nSPS) is 13.8. The van der Waals surface area contributed by atoms with E-state index in [1.54, 1.807) is 0 Å². The predicted octanol–water partition coefficient (Wildman–Crippen LogP) is 19.8. The largest absolute Gasteiger partial charge is 0.312 e. The Hall–Kier alpha value is -10.3. The quantitative estimate of drug-likeness (QED) is 0.145. The first kappa shape index (κ1) is 46.8. The van der Waals surface area contributed by atoms with Gasteiger partial charge in [-0.05, 0) is 106 Å². The number of thiophene rings is 1. The molecule has 1 aliphatic rings. The van der Waals surface area contributed by atoms with Gasteiger partial charge in [-0.25, -0.2) is 15.0 Å². The van der Waals surface area contributed by atoms with Crippen molar-refractivity contribution in [1.82, 2.24) is 24.1 Å². The van der Waals surface area contributed by atoms with Crippen LogP contribution in [0.1, 0.15) is 29.3 Å². The standard InChI is InChI=1S/C75H49N5S/c1-7-23-48(24-8-1)53-43-54(49-25-9-2-10-26-49)45-55(44-53)74-76-73(52-31-15-5-16-32-52)77-75(78-74)56-46-62(50-27-11-3-12-28-50)70(63(47-56)51-29-13-4-14-30-51)80-65-38-22-20-36-61(65)69-67(80)42-40-59-58-39-41-66-68(71(58)81-72(59)69)60-35-19-21-37-64(60)79(66)57-33-17-6-18-34-57/h1-46,63H,47H2. The van der Waals surface area contributed by atoms with Gasteiger partial charge in [0.05, 0.1) is 22.1 Å². The maximum absolute atomic E-state index is 5.56. The van der Waals surface area contributed by atoms with Crippen molar-refractivity contribution in [2.45, 2.75) is 12.3 Å². The Kier molecular flexibility index (Phi) is 11.1. The van der Waals surface area contributed by atoms with Gasteiger partial charge in [0.25, 0.3) is 0 Å². The zero-order chi connectivity index (χ0) is 53.4. The lowest BCUT2D eigenvalue weighted by molar-refractivity contribution is 0.835. The molecule has 1 unspecified atom stereocenters. The van der Waals surface area contributed by atoms with Crippen LogP contribution < -0.4 is 0 Å². The number of aromatic nitrogens is 5. The fourth-order valence-corrected chi connectivity index (χ4v) is 14.1. The van der Waals surface area contributed by atoms with Crippen LogP contribution in [-0.2, 0) is 0 Å². The molecule has 1 aliphatic carbocycles. The molecule has 4 heterocycles. The van der Waals surface area contributed by atoms with Crippen molar-refractivity contribution in [1.29, 1.82) is 0 Å². The number of hydrogen-bond donors (Lipinski definition) is 0. The molecule has 0 spiro atoms. The number of rotatable bonds is 9. The summed E-state index contributed by atoms with van der Waals surface area (Å²) in [6, 6.07) is 98.3. The summed E-state index contributed by atoms with van der Waals surface area (Å²) >= 11 is 1.93. The van der Waals surface area contributed by atoms with Crippen LogP contribution >= 0.6 is 11.3 Å². The number of para-hydroxylation sites is 3. The lowest BCUT2D eigenvalue weighted by Gasteiger charge is -2.31. The molecule has 0 amide bonds. The molecule has 0 saturated heterocycles. The number of fused-ring (bicyclic) bond motifs is 11. The van der Waals surface area contributed by atoms with Crippen LogP contribution in [-0.4, -0.2) is 24.1 Å². The van der Waals surface area contributed by atoms with Crippen LogP contribution in [0.4, 0.5) is 0 Å². The fourth-order valence-electron chi connectivity index (χ4n) is 12.7. The van der Waals surface area contributed by atoms with Crippen LogP contribution in [0, 0.1) is 0 Å². The monoisotopic (exact) mass is 1050 g/mol. The molecule has 4 aromatic heterocycles. The van der Waals surface area contributed by atoms with E-state index in [1.165, 1.54) is 75.0 Å². The molecule has 6 heteroatoms. The van der Waals surface area contributed by atoms with Gasteiger partial charge in [-0.2, -0.15) is 0 Å². The molecule has 81 heavy (non-hydrogen) atoms. The molecule has 1 atom stereocenters. The minimum Gasteiger partial charge on any atom is -0.312 e. The summed E-state index contributed by atoms with van der Waals surface area (Å²) in [5.41, 5.74) is 18.0. The average molecular weight is 1050 g/mol. The zero-order valence-electron chi connectivity index (χ0n) is 44.0. The molecular weight excluding hydrogens is 1000 g/mol. The molecule has 15 aromatic rings. The highest BCUT2D eigenvalue weighted by atomic mass is 32.1. The van der Waals surface area contributed by atoms with Gasteiger partial charge in [0.2, 0.25) is 0 Å². The Balaban J connectivity index is 0.956. The van der Waals surface area contributed by atoms with Crippen LogP contribution in [0.15, 0.2) is 279 Å². The lowest BCUT2D eigenvalue weighted by Crippen LogP contribution is -2.16. The second-order valence-corrected chi connectivity index (χ2v) is 22.0. The molecule has 0 bridgehead atoms. The van der Waals surface area contributed by atoms with E-state index in [2.05, 4.69) is 282 Å². The van der Waals surface area contributed by atoms with Crippen LogP contribution in [0.25, 0.3) is 131 Å². The molecule has 16 rings (SSSR count). The number of benzene rings is 11. The first-order valence-electron chi connectivity index (χ1n) is 27.7. The second kappa shape index (κ2) is 19.3. The van der Waals surface area contributed by atoms with Crippen molar-refractivity contribution in [2.24, 2.45) is 0 Å². The molecule has 0 radical (unpaired) electrons. The van der Waals surface area contributed by atoms with Gasteiger partial charge in [0.1, 0.15) is 0 Å². The maximum Gasteiger partial charge on any atom is 0.164 e. The summed E-state index contributed by atoms with van der Waals surface area (Å²) in [6.07, 6.45) is 3.03. The minimum absolute atomic E-state index is 0.103. The van der Waals surface area contributed by atoms with Gasteiger partial charge in [-0.15, -0.1) is 11.3 Å². The SMILES string of the molecule is C1=C(c2nc(-c3ccccc3)nc(-c3cc(-c4ccccc4)cc(-c4ccccc4)c3)n2)CC(c2ccccc2)C(n2c3ccccc3c3c4sc5c(ccc6c5c5ccccc5n6-c5ccccc5)c4ccc32)=C1c1ccccc1. The molecule has 0 aliphatic heterocycles. The molecule has 0 N–H and O–H groups in total. The summed E-state index contributed by atoms with van der Waals surface area (Å²) in [7, 11) is 0. The molecule has 0 fully saturated rings. The van der Waals surface area contributed by atoms with Crippen LogP contribution in [0.5, 0.6) is 0 Å². The van der Waals surface area contributed by atoms with E-state index in [4.69, 9.17) is 15.0 Å². The van der Waals surface area contributed by atoms with Gasteiger partial charge >= 0.3 is 0 Å². The second-order valence-electron chi connectivity index (χ2n) is 21.0. The number of allylic oxidation sites excluding steroid dienone is 4. The molecule has 11 aromatic carbocycles. The molecular formula is C75H49N5S. The topological polar surface area (TPSA) is 48.5 Å². The highest BCUT2D eigenvalue weighted by molar-refractivity contribution is 7.27. The zero-order valence-corrected chi connectivity index (χ0v) is 44.8. The lowest BCUT2D eigenvalue weighted by atomic mass is 9.80.